The molecule has 1 amide bonds. The molecule has 3 aromatic rings. The third kappa shape index (κ3) is 4.09. The number of amides is 1. The summed E-state index contributed by atoms with van der Waals surface area (Å²) in [6.45, 7) is 3.72. The van der Waals surface area contributed by atoms with E-state index in [2.05, 4.69) is 15.3 Å². The topological polar surface area (TPSA) is 71.8 Å². The zero-order valence-corrected chi connectivity index (χ0v) is 16.2. The van der Waals surface area contributed by atoms with Crippen molar-refractivity contribution in [1.82, 2.24) is 19.3 Å². The van der Waals surface area contributed by atoms with Gasteiger partial charge in [0.15, 0.2) is 11.5 Å². The number of imidazole rings is 1. The van der Waals surface area contributed by atoms with E-state index >= 15 is 0 Å². The van der Waals surface area contributed by atoms with Crippen LogP contribution in [0.25, 0.3) is 5.65 Å². The Balaban J connectivity index is 1.59. The van der Waals surface area contributed by atoms with Crippen LogP contribution in [0.5, 0.6) is 0 Å². The SMILES string of the molecule is C[C@@H](Nc1nccn2cc(C(=O)N3CCOCC3)nc12)c1cccc(C(F)(F)F)c1. The molecule has 1 atom stereocenters. The van der Waals surface area contributed by atoms with E-state index in [4.69, 9.17) is 4.74 Å². The summed E-state index contributed by atoms with van der Waals surface area (Å²) in [5, 5.41) is 3.10. The third-order valence-electron chi connectivity index (χ3n) is 4.96. The zero-order chi connectivity index (χ0) is 21.3. The lowest BCUT2D eigenvalue weighted by Crippen LogP contribution is -2.40. The van der Waals surface area contributed by atoms with E-state index in [1.165, 1.54) is 6.07 Å². The van der Waals surface area contributed by atoms with E-state index in [0.717, 1.165) is 12.1 Å². The smallest absolute Gasteiger partial charge is 0.378 e. The minimum atomic E-state index is -4.41. The zero-order valence-electron chi connectivity index (χ0n) is 16.2. The minimum absolute atomic E-state index is 0.195. The fourth-order valence-corrected chi connectivity index (χ4v) is 3.33. The molecule has 7 nitrogen and oxygen atoms in total. The van der Waals surface area contributed by atoms with Crippen molar-refractivity contribution in [2.24, 2.45) is 0 Å². The predicted octanol–water partition coefficient (Wildman–Crippen LogP) is 3.39. The Hall–Kier alpha value is -3.14. The van der Waals surface area contributed by atoms with Crippen LogP contribution in [0.4, 0.5) is 19.0 Å². The highest BCUT2D eigenvalue weighted by Gasteiger charge is 2.30. The maximum atomic E-state index is 13.0. The number of nitrogens with zero attached hydrogens (tertiary/aromatic N) is 4. The molecule has 0 radical (unpaired) electrons. The quantitative estimate of drug-likeness (QED) is 0.702. The minimum Gasteiger partial charge on any atom is -0.378 e. The number of anilines is 1. The van der Waals surface area contributed by atoms with E-state index in [9.17, 15) is 18.0 Å². The van der Waals surface area contributed by atoms with Gasteiger partial charge in [0.05, 0.1) is 24.8 Å². The van der Waals surface area contributed by atoms with Crippen molar-refractivity contribution in [3.8, 4) is 0 Å². The van der Waals surface area contributed by atoms with Crippen molar-refractivity contribution in [2.45, 2.75) is 19.1 Å². The first kappa shape index (κ1) is 20.1. The number of aromatic nitrogens is 3. The number of benzene rings is 1. The first-order valence-electron chi connectivity index (χ1n) is 9.47. The van der Waals surface area contributed by atoms with Crippen LogP contribution in [0.3, 0.4) is 0 Å². The number of ether oxygens (including phenoxy) is 1. The Morgan fingerprint density at radius 2 is 2.03 bits per heavy atom. The normalized spacial score (nSPS) is 15.9. The van der Waals surface area contributed by atoms with Gasteiger partial charge in [0, 0.05) is 31.7 Å². The Morgan fingerprint density at radius 1 is 1.27 bits per heavy atom. The molecular formula is C20H20F3N5O2. The van der Waals surface area contributed by atoms with Gasteiger partial charge < -0.3 is 19.4 Å². The number of fused-ring (bicyclic) bond motifs is 1. The summed E-state index contributed by atoms with van der Waals surface area (Å²) in [6, 6.07) is 4.68. The van der Waals surface area contributed by atoms with Gasteiger partial charge in [0.2, 0.25) is 0 Å². The fraction of sp³-hybridized carbons (Fsp3) is 0.350. The van der Waals surface area contributed by atoms with Gasteiger partial charge in [0.1, 0.15) is 5.69 Å². The fourth-order valence-electron chi connectivity index (χ4n) is 3.33. The predicted molar refractivity (Wildman–Crippen MR) is 103 cm³/mol. The van der Waals surface area contributed by atoms with Crippen LogP contribution in [-0.4, -0.2) is 51.5 Å². The first-order valence-corrected chi connectivity index (χ1v) is 9.47. The van der Waals surface area contributed by atoms with Crippen molar-refractivity contribution >= 4 is 17.4 Å². The van der Waals surface area contributed by atoms with Crippen molar-refractivity contribution < 1.29 is 22.7 Å². The van der Waals surface area contributed by atoms with Crippen LogP contribution in [0.15, 0.2) is 42.9 Å². The molecule has 10 heteroatoms. The second-order valence-corrected chi connectivity index (χ2v) is 7.03. The van der Waals surface area contributed by atoms with Crippen LogP contribution in [0.1, 0.15) is 34.6 Å². The molecule has 2 aromatic heterocycles. The number of halogens is 3. The molecule has 0 saturated carbocycles. The van der Waals surface area contributed by atoms with Crippen LogP contribution in [0, 0.1) is 0 Å². The molecule has 4 rings (SSSR count). The molecule has 0 unspecified atom stereocenters. The molecule has 3 heterocycles. The first-order chi connectivity index (χ1) is 14.3. The van der Waals surface area contributed by atoms with Crippen molar-refractivity contribution in [1.29, 1.82) is 0 Å². The van der Waals surface area contributed by atoms with Gasteiger partial charge in [-0.25, -0.2) is 9.97 Å². The molecule has 158 valence electrons. The van der Waals surface area contributed by atoms with Crippen LogP contribution in [0.2, 0.25) is 0 Å². The van der Waals surface area contributed by atoms with Gasteiger partial charge in [0.25, 0.3) is 5.91 Å². The number of carbonyl (C=O) groups excluding carboxylic acids is 1. The molecule has 1 aliphatic heterocycles. The summed E-state index contributed by atoms with van der Waals surface area (Å²) < 4.78 is 46.0. The highest BCUT2D eigenvalue weighted by molar-refractivity contribution is 5.93. The van der Waals surface area contributed by atoms with Crippen LogP contribution < -0.4 is 5.32 Å². The lowest BCUT2D eigenvalue weighted by atomic mass is 10.0. The molecule has 30 heavy (non-hydrogen) atoms. The summed E-state index contributed by atoms with van der Waals surface area (Å²) in [4.78, 5) is 23.1. The lowest BCUT2D eigenvalue weighted by Gasteiger charge is -2.25. The monoisotopic (exact) mass is 419 g/mol. The lowest BCUT2D eigenvalue weighted by molar-refractivity contribution is -0.137. The van der Waals surface area contributed by atoms with Gasteiger partial charge in [-0.3, -0.25) is 4.79 Å². The second kappa shape index (κ2) is 7.94. The standard InChI is InChI=1S/C20H20F3N5O2/c1-13(14-3-2-4-15(11-14)20(21,22)23)25-17-18-26-16(12-28(18)6-5-24-17)19(29)27-7-9-30-10-8-27/h2-6,11-13H,7-10H2,1H3,(H,24,25)/t13-/m1/s1. The molecule has 0 spiro atoms. The van der Waals surface area contributed by atoms with E-state index in [1.807, 2.05) is 0 Å². The van der Waals surface area contributed by atoms with Crippen molar-refractivity contribution in [3.63, 3.8) is 0 Å². The highest BCUT2D eigenvalue weighted by atomic mass is 19.4. The third-order valence-corrected chi connectivity index (χ3v) is 4.96. The van der Waals surface area contributed by atoms with E-state index in [0.29, 0.717) is 43.3 Å². The van der Waals surface area contributed by atoms with Gasteiger partial charge >= 0.3 is 6.18 Å². The van der Waals surface area contributed by atoms with Crippen LogP contribution in [-0.2, 0) is 10.9 Å². The van der Waals surface area contributed by atoms with Gasteiger partial charge in [-0.05, 0) is 24.6 Å². The molecule has 1 saturated heterocycles. The summed E-state index contributed by atoms with van der Waals surface area (Å²) in [5.41, 5.74) is 0.455. The van der Waals surface area contributed by atoms with E-state index < -0.39 is 17.8 Å². The van der Waals surface area contributed by atoms with Crippen molar-refractivity contribution in [2.75, 3.05) is 31.6 Å². The number of alkyl halides is 3. The van der Waals surface area contributed by atoms with Crippen molar-refractivity contribution in [3.05, 3.63) is 59.7 Å². The van der Waals surface area contributed by atoms with Gasteiger partial charge in [-0.2, -0.15) is 13.2 Å². The number of hydrogen-bond acceptors (Lipinski definition) is 5. The largest absolute Gasteiger partial charge is 0.416 e. The van der Waals surface area contributed by atoms with E-state index in [1.54, 1.807) is 40.9 Å². The van der Waals surface area contributed by atoms with Gasteiger partial charge in [-0.1, -0.05) is 12.1 Å². The molecule has 1 N–H and O–H groups in total. The summed E-state index contributed by atoms with van der Waals surface area (Å²) in [7, 11) is 0. The molecule has 1 aliphatic rings. The summed E-state index contributed by atoms with van der Waals surface area (Å²) >= 11 is 0. The Morgan fingerprint density at radius 3 is 2.77 bits per heavy atom. The maximum Gasteiger partial charge on any atom is 0.416 e. The molecule has 0 bridgehead atoms. The van der Waals surface area contributed by atoms with Gasteiger partial charge in [-0.15, -0.1) is 0 Å². The number of nitrogens with one attached hydrogen (secondary N) is 1. The van der Waals surface area contributed by atoms with Crippen LogP contribution >= 0.6 is 0 Å². The summed E-state index contributed by atoms with van der Waals surface area (Å²) in [5.74, 6) is 0.183. The number of hydrogen-bond donors (Lipinski definition) is 1. The highest BCUT2D eigenvalue weighted by Crippen LogP contribution is 2.31. The molecule has 0 aliphatic carbocycles. The Bertz CT molecular complexity index is 1060. The Kier molecular flexibility index (Phi) is 5.33. The Labute approximate surface area is 170 Å². The second-order valence-electron chi connectivity index (χ2n) is 7.03. The van der Waals surface area contributed by atoms with E-state index in [-0.39, 0.29) is 11.6 Å². The average Bonchev–Trinajstić information content (AvgIpc) is 3.19. The summed E-state index contributed by atoms with van der Waals surface area (Å²) in [6.07, 6.45) is 0.415. The molecule has 1 aromatic carbocycles. The number of carbonyl (C=O) groups is 1. The average molecular weight is 419 g/mol. The molecule has 1 fully saturated rings. The maximum absolute atomic E-state index is 13.0. The number of morpholine rings is 1. The number of rotatable bonds is 4. The molecular weight excluding hydrogens is 399 g/mol.